The second-order valence-electron chi connectivity index (χ2n) is 4.76. The van der Waals surface area contributed by atoms with Gasteiger partial charge in [-0.05, 0) is 38.0 Å². The minimum Gasteiger partial charge on any atom is -0.381 e. The van der Waals surface area contributed by atoms with E-state index in [0.717, 1.165) is 44.8 Å². The van der Waals surface area contributed by atoms with E-state index in [4.69, 9.17) is 10.5 Å². The van der Waals surface area contributed by atoms with E-state index in [1.165, 1.54) is 6.42 Å². The fourth-order valence-electron chi connectivity index (χ4n) is 1.85. The highest BCUT2D eigenvalue weighted by molar-refractivity contribution is 4.85. The Hall–Kier alpha value is -0.0800. The van der Waals surface area contributed by atoms with Crippen LogP contribution in [0.15, 0.2) is 0 Å². The summed E-state index contributed by atoms with van der Waals surface area (Å²) in [4.78, 5) is 0. The number of hydrogen-bond acceptors (Lipinski definition) is 2. The van der Waals surface area contributed by atoms with Crippen LogP contribution in [0.5, 0.6) is 0 Å². The molecule has 0 aromatic heterocycles. The summed E-state index contributed by atoms with van der Waals surface area (Å²) in [6, 6.07) is 0. The fraction of sp³-hybridized carbons (Fsp3) is 1.00. The van der Waals surface area contributed by atoms with Gasteiger partial charge in [-0.25, -0.2) is 0 Å². The molecule has 0 bridgehead atoms. The van der Waals surface area contributed by atoms with Crippen LogP contribution in [0.25, 0.3) is 0 Å². The number of ether oxygens (including phenoxy) is 1. The van der Waals surface area contributed by atoms with Crippen LogP contribution >= 0.6 is 0 Å². The van der Waals surface area contributed by atoms with Gasteiger partial charge in [0.25, 0.3) is 0 Å². The Morgan fingerprint density at radius 2 is 2.08 bits per heavy atom. The molecule has 1 aliphatic heterocycles. The molecule has 0 amide bonds. The van der Waals surface area contributed by atoms with Gasteiger partial charge in [0, 0.05) is 18.8 Å². The van der Waals surface area contributed by atoms with Crippen molar-refractivity contribution in [3.63, 3.8) is 0 Å². The topological polar surface area (TPSA) is 35.2 Å². The van der Waals surface area contributed by atoms with Crippen LogP contribution in [-0.2, 0) is 4.74 Å². The Morgan fingerprint density at radius 3 is 2.77 bits per heavy atom. The summed E-state index contributed by atoms with van der Waals surface area (Å²) in [5.74, 6) is 0.768. The van der Waals surface area contributed by atoms with E-state index >= 15 is 0 Å². The van der Waals surface area contributed by atoms with Gasteiger partial charge in [0.05, 0.1) is 0 Å². The van der Waals surface area contributed by atoms with Crippen molar-refractivity contribution in [1.82, 2.24) is 0 Å². The van der Waals surface area contributed by atoms with E-state index in [2.05, 4.69) is 13.8 Å². The first-order valence-corrected chi connectivity index (χ1v) is 5.49. The monoisotopic (exact) mass is 185 g/mol. The van der Waals surface area contributed by atoms with Crippen molar-refractivity contribution < 1.29 is 4.74 Å². The largest absolute Gasteiger partial charge is 0.381 e. The smallest absolute Gasteiger partial charge is 0.0483 e. The SMILES string of the molecule is CC(C)CCC1(N)CCCOCC1. The van der Waals surface area contributed by atoms with Crippen LogP contribution in [0.4, 0.5) is 0 Å². The molecule has 0 aromatic carbocycles. The summed E-state index contributed by atoms with van der Waals surface area (Å²) in [5, 5.41) is 0. The predicted molar refractivity (Wildman–Crippen MR) is 55.7 cm³/mol. The second-order valence-corrected chi connectivity index (χ2v) is 4.76. The highest BCUT2D eigenvalue weighted by Crippen LogP contribution is 2.25. The minimum atomic E-state index is 0.0702. The first-order valence-electron chi connectivity index (χ1n) is 5.49. The zero-order chi connectivity index (χ0) is 9.73. The van der Waals surface area contributed by atoms with Gasteiger partial charge in [-0.3, -0.25) is 0 Å². The molecule has 2 nitrogen and oxygen atoms in total. The molecular weight excluding hydrogens is 162 g/mol. The normalized spacial score (nSPS) is 30.5. The van der Waals surface area contributed by atoms with E-state index in [9.17, 15) is 0 Å². The zero-order valence-electron chi connectivity index (χ0n) is 9.01. The van der Waals surface area contributed by atoms with Crippen molar-refractivity contribution >= 4 is 0 Å². The first-order chi connectivity index (χ1) is 6.12. The molecule has 1 atom stereocenters. The molecule has 1 saturated heterocycles. The van der Waals surface area contributed by atoms with Crippen molar-refractivity contribution in [3.8, 4) is 0 Å². The quantitative estimate of drug-likeness (QED) is 0.732. The molecule has 1 unspecified atom stereocenters. The zero-order valence-corrected chi connectivity index (χ0v) is 9.01. The lowest BCUT2D eigenvalue weighted by atomic mass is 9.85. The summed E-state index contributed by atoms with van der Waals surface area (Å²) < 4.78 is 5.42. The third kappa shape index (κ3) is 4.10. The van der Waals surface area contributed by atoms with Gasteiger partial charge in [-0.1, -0.05) is 13.8 Å². The molecule has 0 saturated carbocycles. The molecule has 0 spiro atoms. The molecule has 13 heavy (non-hydrogen) atoms. The van der Waals surface area contributed by atoms with E-state index < -0.39 is 0 Å². The van der Waals surface area contributed by atoms with E-state index in [1.54, 1.807) is 0 Å². The minimum absolute atomic E-state index is 0.0702. The average molecular weight is 185 g/mol. The van der Waals surface area contributed by atoms with Gasteiger partial charge >= 0.3 is 0 Å². The van der Waals surface area contributed by atoms with Crippen LogP contribution in [0.2, 0.25) is 0 Å². The summed E-state index contributed by atoms with van der Waals surface area (Å²) >= 11 is 0. The van der Waals surface area contributed by atoms with Crippen molar-refractivity contribution in [3.05, 3.63) is 0 Å². The molecule has 0 aliphatic carbocycles. The summed E-state index contributed by atoms with van der Waals surface area (Å²) in [5.41, 5.74) is 6.40. The van der Waals surface area contributed by atoms with Crippen LogP contribution < -0.4 is 5.73 Å². The first kappa shape index (κ1) is 11.0. The molecule has 2 heteroatoms. The van der Waals surface area contributed by atoms with Gasteiger partial charge in [-0.15, -0.1) is 0 Å². The van der Waals surface area contributed by atoms with Gasteiger partial charge in [0.1, 0.15) is 0 Å². The maximum atomic E-state index is 6.33. The van der Waals surface area contributed by atoms with Crippen molar-refractivity contribution in [2.45, 2.75) is 51.5 Å². The van der Waals surface area contributed by atoms with Crippen molar-refractivity contribution in [2.24, 2.45) is 11.7 Å². The summed E-state index contributed by atoms with van der Waals surface area (Å²) in [6.07, 6.45) is 5.72. The molecule has 1 heterocycles. The standard InChI is InChI=1S/C11H23NO/c1-10(2)4-6-11(12)5-3-8-13-9-7-11/h10H,3-9,12H2,1-2H3. The Kier molecular flexibility index (Phi) is 4.20. The maximum absolute atomic E-state index is 6.33. The lowest BCUT2D eigenvalue weighted by Crippen LogP contribution is -2.40. The Bertz CT molecular complexity index is 137. The molecule has 0 aromatic rings. The summed E-state index contributed by atoms with van der Waals surface area (Å²) in [7, 11) is 0. The lowest BCUT2D eigenvalue weighted by molar-refractivity contribution is 0.138. The molecule has 78 valence electrons. The Labute approximate surface area is 81.8 Å². The second kappa shape index (κ2) is 4.97. The fourth-order valence-corrected chi connectivity index (χ4v) is 1.85. The van der Waals surface area contributed by atoms with Gasteiger partial charge < -0.3 is 10.5 Å². The molecule has 1 aliphatic rings. The van der Waals surface area contributed by atoms with Crippen LogP contribution in [0, 0.1) is 5.92 Å². The van der Waals surface area contributed by atoms with E-state index in [1.807, 2.05) is 0 Å². The van der Waals surface area contributed by atoms with Gasteiger partial charge in [0.2, 0.25) is 0 Å². The maximum Gasteiger partial charge on any atom is 0.0483 e. The number of hydrogen-bond donors (Lipinski definition) is 1. The third-order valence-corrected chi connectivity index (χ3v) is 2.93. The highest BCUT2D eigenvalue weighted by atomic mass is 16.5. The molecule has 1 rings (SSSR count). The molecule has 1 fully saturated rings. The van der Waals surface area contributed by atoms with Crippen LogP contribution in [-0.4, -0.2) is 18.8 Å². The van der Waals surface area contributed by atoms with E-state index in [0.29, 0.717) is 0 Å². The lowest BCUT2D eigenvalue weighted by Gasteiger charge is -2.28. The van der Waals surface area contributed by atoms with Crippen molar-refractivity contribution in [2.75, 3.05) is 13.2 Å². The molecular formula is C11H23NO. The third-order valence-electron chi connectivity index (χ3n) is 2.93. The summed E-state index contributed by atoms with van der Waals surface area (Å²) in [6.45, 7) is 6.28. The highest BCUT2D eigenvalue weighted by Gasteiger charge is 2.26. The van der Waals surface area contributed by atoms with E-state index in [-0.39, 0.29) is 5.54 Å². The van der Waals surface area contributed by atoms with Crippen molar-refractivity contribution in [1.29, 1.82) is 0 Å². The predicted octanol–water partition coefficient (Wildman–Crippen LogP) is 2.32. The van der Waals surface area contributed by atoms with Gasteiger partial charge in [-0.2, -0.15) is 0 Å². The van der Waals surface area contributed by atoms with Crippen LogP contribution in [0.3, 0.4) is 0 Å². The molecule has 2 N–H and O–H groups in total. The van der Waals surface area contributed by atoms with Gasteiger partial charge in [0.15, 0.2) is 0 Å². The average Bonchev–Trinajstić information content (AvgIpc) is 2.28. The number of nitrogens with two attached hydrogens (primary N) is 1. The number of rotatable bonds is 3. The molecule has 0 radical (unpaired) electrons. The Balaban J connectivity index is 2.33. The Morgan fingerprint density at radius 1 is 1.31 bits per heavy atom. The van der Waals surface area contributed by atoms with Crippen LogP contribution in [0.1, 0.15) is 46.0 Å².